The fourth-order valence-corrected chi connectivity index (χ4v) is 1.64. The van der Waals surface area contributed by atoms with Gasteiger partial charge in [0.2, 0.25) is 0 Å². The first kappa shape index (κ1) is 11.9. The monoisotopic (exact) mass is 228 g/mol. The van der Waals surface area contributed by atoms with Crippen molar-refractivity contribution in [2.45, 2.75) is 13.8 Å². The van der Waals surface area contributed by atoms with Gasteiger partial charge in [0.05, 0.1) is 24.3 Å². The Morgan fingerprint density at radius 3 is 2.67 bits per heavy atom. The van der Waals surface area contributed by atoms with E-state index in [0.717, 1.165) is 5.56 Å². The van der Waals surface area contributed by atoms with Gasteiger partial charge in [-0.3, -0.25) is 0 Å². The minimum absolute atomic E-state index is 0.302. The van der Waals surface area contributed by atoms with E-state index in [1.165, 1.54) is 7.11 Å². The minimum Gasteiger partial charge on any atom is -0.495 e. The number of carbonyl (C=O) groups is 1. The summed E-state index contributed by atoms with van der Waals surface area (Å²) in [5.74, 6) is 0.0861. The van der Waals surface area contributed by atoms with Crippen molar-refractivity contribution in [3.63, 3.8) is 0 Å². The summed E-state index contributed by atoms with van der Waals surface area (Å²) >= 11 is 6.02. The lowest BCUT2D eigenvalue weighted by Crippen LogP contribution is -2.06. The first-order valence-corrected chi connectivity index (χ1v) is 4.99. The van der Waals surface area contributed by atoms with Gasteiger partial charge in [-0.15, -0.1) is 0 Å². The molecule has 4 heteroatoms. The SMILES string of the molecule is CCOC(=O)c1ccc(C)c(OC)c1Cl. The summed E-state index contributed by atoms with van der Waals surface area (Å²) in [6, 6.07) is 3.41. The van der Waals surface area contributed by atoms with Gasteiger partial charge in [0, 0.05) is 0 Å². The van der Waals surface area contributed by atoms with E-state index in [0.29, 0.717) is 22.9 Å². The molecule has 0 N–H and O–H groups in total. The molecule has 0 aliphatic carbocycles. The summed E-state index contributed by atoms with van der Waals surface area (Å²) in [5.41, 5.74) is 1.22. The molecule has 0 aromatic heterocycles. The van der Waals surface area contributed by atoms with Crippen molar-refractivity contribution in [2.75, 3.05) is 13.7 Å². The largest absolute Gasteiger partial charge is 0.495 e. The van der Waals surface area contributed by atoms with Crippen LogP contribution in [0.4, 0.5) is 0 Å². The van der Waals surface area contributed by atoms with E-state index in [9.17, 15) is 4.79 Å². The summed E-state index contributed by atoms with van der Waals surface area (Å²) in [4.78, 5) is 11.5. The predicted octanol–water partition coefficient (Wildman–Crippen LogP) is 2.83. The van der Waals surface area contributed by atoms with Gasteiger partial charge >= 0.3 is 5.97 Å². The number of esters is 1. The maximum Gasteiger partial charge on any atom is 0.339 e. The molecule has 0 spiro atoms. The fourth-order valence-electron chi connectivity index (χ4n) is 1.27. The van der Waals surface area contributed by atoms with E-state index in [1.807, 2.05) is 6.92 Å². The van der Waals surface area contributed by atoms with Crippen LogP contribution < -0.4 is 4.74 Å². The van der Waals surface area contributed by atoms with Gasteiger partial charge in [-0.1, -0.05) is 17.7 Å². The van der Waals surface area contributed by atoms with E-state index < -0.39 is 5.97 Å². The minimum atomic E-state index is -0.430. The number of rotatable bonds is 3. The molecule has 0 atom stereocenters. The number of ether oxygens (including phenoxy) is 2. The van der Waals surface area contributed by atoms with Crippen LogP contribution in [-0.4, -0.2) is 19.7 Å². The molecule has 0 radical (unpaired) electrons. The number of hydrogen-bond acceptors (Lipinski definition) is 3. The van der Waals surface area contributed by atoms with Gasteiger partial charge in [0.25, 0.3) is 0 Å². The predicted molar refractivity (Wildman–Crippen MR) is 58.7 cm³/mol. The number of hydrogen-bond donors (Lipinski definition) is 0. The van der Waals surface area contributed by atoms with Crippen molar-refractivity contribution in [3.05, 3.63) is 28.3 Å². The second-order valence-corrected chi connectivity index (χ2v) is 3.38. The molecule has 3 nitrogen and oxygen atoms in total. The number of benzene rings is 1. The summed E-state index contributed by atoms with van der Waals surface area (Å²) in [6.07, 6.45) is 0. The molecule has 0 saturated carbocycles. The molecule has 1 rings (SSSR count). The van der Waals surface area contributed by atoms with E-state index in [-0.39, 0.29) is 0 Å². The number of aryl methyl sites for hydroxylation is 1. The van der Waals surface area contributed by atoms with Gasteiger partial charge < -0.3 is 9.47 Å². The normalized spacial score (nSPS) is 9.87. The van der Waals surface area contributed by atoms with Crippen molar-refractivity contribution >= 4 is 17.6 Å². The highest BCUT2D eigenvalue weighted by atomic mass is 35.5. The molecule has 0 unspecified atom stereocenters. The smallest absolute Gasteiger partial charge is 0.339 e. The quantitative estimate of drug-likeness (QED) is 0.747. The van der Waals surface area contributed by atoms with Crippen LogP contribution in [0.2, 0.25) is 5.02 Å². The molecule has 1 aromatic carbocycles. The molecular formula is C11H13ClO3. The average Bonchev–Trinajstić information content (AvgIpc) is 2.18. The van der Waals surface area contributed by atoms with Crippen LogP contribution in [0.5, 0.6) is 5.75 Å². The Hall–Kier alpha value is -1.22. The van der Waals surface area contributed by atoms with Crippen LogP contribution in [0.25, 0.3) is 0 Å². The van der Waals surface area contributed by atoms with E-state index in [2.05, 4.69) is 0 Å². The standard InChI is InChI=1S/C11H13ClO3/c1-4-15-11(13)8-6-5-7(2)10(14-3)9(8)12/h5-6H,4H2,1-3H3. The third-order valence-electron chi connectivity index (χ3n) is 1.99. The molecule has 0 aliphatic heterocycles. The lowest BCUT2D eigenvalue weighted by molar-refractivity contribution is 0.0526. The van der Waals surface area contributed by atoms with Crippen LogP contribution in [0.3, 0.4) is 0 Å². The summed E-state index contributed by atoms with van der Waals surface area (Å²) in [5, 5.41) is 0.302. The molecule has 15 heavy (non-hydrogen) atoms. The van der Waals surface area contributed by atoms with Crippen molar-refractivity contribution in [2.24, 2.45) is 0 Å². The molecule has 82 valence electrons. The highest BCUT2D eigenvalue weighted by molar-refractivity contribution is 6.35. The zero-order valence-electron chi connectivity index (χ0n) is 8.96. The van der Waals surface area contributed by atoms with Crippen molar-refractivity contribution in [1.82, 2.24) is 0 Å². The maximum absolute atomic E-state index is 11.5. The third-order valence-corrected chi connectivity index (χ3v) is 2.37. The Bertz CT molecular complexity index is 374. The molecule has 0 heterocycles. The Kier molecular flexibility index (Phi) is 3.97. The number of halogens is 1. The van der Waals surface area contributed by atoms with Crippen LogP contribution in [0, 0.1) is 6.92 Å². The molecule has 0 saturated heterocycles. The third kappa shape index (κ3) is 2.42. The number of carbonyl (C=O) groups excluding carboxylic acids is 1. The van der Waals surface area contributed by atoms with E-state index in [1.54, 1.807) is 19.1 Å². The summed E-state index contributed by atoms with van der Waals surface area (Å²) in [7, 11) is 1.52. The molecule has 0 fully saturated rings. The van der Waals surface area contributed by atoms with Gasteiger partial charge in [-0.05, 0) is 25.5 Å². The summed E-state index contributed by atoms with van der Waals surface area (Å²) in [6.45, 7) is 3.93. The Morgan fingerprint density at radius 1 is 1.47 bits per heavy atom. The first-order chi connectivity index (χ1) is 7.11. The fraction of sp³-hybridized carbons (Fsp3) is 0.364. The second-order valence-electron chi connectivity index (χ2n) is 3.00. The zero-order valence-corrected chi connectivity index (χ0v) is 9.72. The molecule has 0 aliphatic rings. The van der Waals surface area contributed by atoms with Gasteiger partial charge in [-0.2, -0.15) is 0 Å². The topological polar surface area (TPSA) is 35.5 Å². The Labute approximate surface area is 93.9 Å². The van der Waals surface area contributed by atoms with Gasteiger partial charge in [0.1, 0.15) is 5.75 Å². The van der Waals surface area contributed by atoms with Gasteiger partial charge in [0.15, 0.2) is 0 Å². The van der Waals surface area contributed by atoms with Crippen LogP contribution >= 0.6 is 11.6 Å². The zero-order chi connectivity index (χ0) is 11.4. The van der Waals surface area contributed by atoms with Crippen molar-refractivity contribution in [3.8, 4) is 5.75 Å². The van der Waals surface area contributed by atoms with Gasteiger partial charge in [-0.25, -0.2) is 4.79 Å². The Balaban J connectivity index is 3.15. The lowest BCUT2D eigenvalue weighted by atomic mass is 10.1. The number of methoxy groups -OCH3 is 1. The highest BCUT2D eigenvalue weighted by Gasteiger charge is 2.16. The van der Waals surface area contributed by atoms with Crippen LogP contribution in [-0.2, 0) is 4.74 Å². The van der Waals surface area contributed by atoms with Crippen LogP contribution in [0.1, 0.15) is 22.8 Å². The molecule has 1 aromatic rings. The molecule has 0 amide bonds. The Morgan fingerprint density at radius 2 is 2.13 bits per heavy atom. The van der Waals surface area contributed by atoms with Crippen molar-refractivity contribution < 1.29 is 14.3 Å². The maximum atomic E-state index is 11.5. The van der Waals surface area contributed by atoms with E-state index >= 15 is 0 Å². The van der Waals surface area contributed by atoms with Crippen LogP contribution in [0.15, 0.2) is 12.1 Å². The molecular weight excluding hydrogens is 216 g/mol. The average molecular weight is 229 g/mol. The second kappa shape index (κ2) is 5.03. The van der Waals surface area contributed by atoms with Crippen molar-refractivity contribution in [1.29, 1.82) is 0 Å². The summed E-state index contributed by atoms with van der Waals surface area (Å²) < 4.78 is 9.97. The van der Waals surface area contributed by atoms with E-state index in [4.69, 9.17) is 21.1 Å². The highest BCUT2D eigenvalue weighted by Crippen LogP contribution is 2.31. The molecule has 0 bridgehead atoms. The first-order valence-electron chi connectivity index (χ1n) is 4.62. The lowest BCUT2D eigenvalue weighted by Gasteiger charge is -2.10.